The molecule has 0 aliphatic rings. The van der Waals surface area contributed by atoms with Crippen molar-refractivity contribution in [3.8, 4) is 0 Å². The van der Waals surface area contributed by atoms with Gasteiger partial charge in [0.1, 0.15) is 0 Å². The maximum atomic E-state index is 10.9. The fraction of sp³-hybridized carbons (Fsp3) is 0.800. The molecule has 0 rings (SSSR count). The SMILES string of the molecule is CCS(=O)(=O)[C@@H](Br)C(C)=O. The summed E-state index contributed by atoms with van der Waals surface area (Å²) in [5.41, 5.74) is 0. The zero-order valence-electron chi connectivity index (χ0n) is 5.80. The number of rotatable bonds is 3. The zero-order valence-corrected chi connectivity index (χ0v) is 8.20. The van der Waals surface area contributed by atoms with Gasteiger partial charge in [0.2, 0.25) is 0 Å². The quantitative estimate of drug-likeness (QED) is 0.670. The third-order valence-corrected chi connectivity index (χ3v) is 5.16. The molecule has 0 N–H and O–H groups in total. The molecule has 60 valence electrons. The highest BCUT2D eigenvalue weighted by molar-refractivity contribution is 9.11. The van der Waals surface area contributed by atoms with Crippen LogP contribution in [0.25, 0.3) is 0 Å². The van der Waals surface area contributed by atoms with E-state index in [2.05, 4.69) is 15.9 Å². The Morgan fingerprint density at radius 1 is 1.60 bits per heavy atom. The van der Waals surface area contributed by atoms with E-state index in [-0.39, 0.29) is 11.5 Å². The monoisotopic (exact) mass is 228 g/mol. The summed E-state index contributed by atoms with van der Waals surface area (Å²) in [7, 11) is -3.23. The molecule has 0 spiro atoms. The van der Waals surface area contributed by atoms with Crippen LogP contribution in [0.4, 0.5) is 0 Å². The Morgan fingerprint density at radius 2 is 2.00 bits per heavy atom. The van der Waals surface area contributed by atoms with Crippen LogP contribution >= 0.6 is 15.9 Å². The van der Waals surface area contributed by atoms with Gasteiger partial charge in [0, 0.05) is 5.75 Å². The summed E-state index contributed by atoms with van der Waals surface area (Å²) in [4.78, 5) is 10.5. The van der Waals surface area contributed by atoms with Gasteiger partial charge in [0.05, 0.1) is 0 Å². The van der Waals surface area contributed by atoms with Crippen molar-refractivity contribution in [2.24, 2.45) is 0 Å². The minimum atomic E-state index is -3.23. The van der Waals surface area contributed by atoms with Gasteiger partial charge >= 0.3 is 0 Å². The van der Waals surface area contributed by atoms with Crippen molar-refractivity contribution in [3.05, 3.63) is 0 Å². The van der Waals surface area contributed by atoms with E-state index >= 15 is 0 Å². The fourth-order valence-electron chi connectivity index (χ4n) is 0.399. The minimum Gasteiger partial charge on any atom is -0.298 e. The van der Waals surface area contributed by atoms with E-state index in [1.807, 2.05) is 0 Å². The lowest BCUT2D eigenvalue weighted by Crippen LogP contribution is -2.23. The van der Waals surface area contributed by atoms with E-state index in [1.165, 1.54) is 13.8 Å². The molecule has 0 aliphatic carbocycles. The predicted molar refractivity (Wildman–Crippen MR) is 42.9 cm³/mol. The molecule has 0 aliphatic heterocycles. The summed E-state index contributed by atoms with van der Waals surface area (Å²) in [5, 5.41) is 0. The number of hydrogen-bond donors (Lipinski definition) is 0. The maximum Gasteiger partial charge on any atom is 0.174 e. The molecule has 10 heavy (non-hydrogen) atoms. The van der Waals surface area contributed by atoms with Crippen molar-refractivity contribution < 1.29 is 13.2 Å². The van der Waals surface area contributed by atoms with Crippen molar-refractivity contribution in [2.75, 3.05) is 5.75 Å². The molecule has 0 saturated heterocycles. The van der Waals surface area contributed by atoms with Crippen molar-refractivity contribution >= 4 is 31.6 Å². The van der Waals surface area contributed by atoms with Gasteiger partial charge in [-0.2, -0.15) is 0 Å². The van der Waals surface area contributed by atoms with Gasteiger partial charge in [0.15, 0.2) is 19.8 Å². The number of Topliss-reactive ketones (excluding diaryl/α,β-unsaturated/α-hetero) is 1. The molecule has 0 aromatic rings. The van der Waals surface area contributed by atoms with Crippen molar-refractivity contribution in [1.29, 1.82) is 0 Å². The smallest absolute Gasteiger partial charge is 0.174 e. The Bertz CT molecular complexity index is 219. The van der Waals surface area contributed by atoms with Crippen LogP contribution in [0, 0.1) is 0 Å². The first-order chi connectivity index (χ1) is 4.41. The Labute approximate surface area is 68.9 Å². The van der Waals surface area contributed by atoms with Gasteiger partial charge in [-0.3, -0.25) is 4.79 Å². The number of hydrogen-bond acceptors (Lipinski definition) is 3. The zero-order chi connectivity index (χ0) is 8.36. The predicted octanol–water partition coefficient (Wildman–Crippen LogP) is 0.731. The van der Waals surface area contributed by atoms with Gasteiger partial charge in [-0.05, 0) is 6.92 Å². The molecular formula is C5H9BrO3S. The van der Waals surface area contributed by atoms with Crippen molar-refractivity contribution in [3.63, 3.8) is 0 Å². The highest BCUT2D eigenvalue weighted by Gasteiger charge is 2.24. The number of carbonyl (C=O) groups is 1. The molecule has 0 bridgehead atoms. The van der Waals surface area contributed by atoms with Crippen LogP contribution in [0.1, 0.15) is 13.8 Å². The molecule has 0 saturated carbocycles. The first-order valence-corrected chi connectivity index (χ1v) is 5.41. The second kappa shape index (κ2) is 3.48. The van der Waals surface area contributed by atoms with E-state index in [0.29, 0.717) is 0 Å². The molecule has 0 aromatic heterocycles. The lowest BCUT2D eigenvalue weighted by molar-refractivity contribution is -0.115. The molecule has 0 radical (unpaired) electrons. The summed E-state index contributed by atoms with van der Waals surface area (Å²) in [6, 6.07) is 0. The van der Waals surface area contributed by atoms with E-state index in [9.17, 15) is 13.2 Å². The van der Waals surface area contributed by atoms with Crippen LogP contribution in [0.15, 0.2) is 0 Å². The average molecular weight is 229 g/mol. The summed E-state index contributed by atoms with van der Waals surface area (Å²) in [5.74, 6) is -0.385. The second-order valence-corrected chi connectivity index (χ2v) is 5.77. The van der Waals surface area contributed by atoms with E-state index in [4.69, 9.17) is 0 Å². The molecule has 3 nitrogen and oxygen atoms in total. The van der Waals surface area contributed by atoms with Crippen LogP contribution < -0.4 is 0 Å². The maximum absolute atomic E-state index is 10.9. The molecule has 0 aromatic carbocycles. The van der Waals surface area contributed by atoms with Gasteiger partial charge in [-0.25, -0.2) is 8.42 Å². The molecule has 0 fully saturated rings. The molecule has 5 heteroatoms. The number of ketones is 1. The standard InChI is InChI=1S/C5H9BrO3S/c1-3-10(8,9)5(6)4(2)7/h5H,3H2,1-2H3/t5-/m1/s1. The third kappa shape index (κ3) is 2.38. The topological polar surface area (TPSA) is 51.2 Å². The average Bonchev–Trinajstić information content (AvgIpc) is 1.86. The van der Waals surface area contributed by atoms with Gasteiger partial charge in [0.25, 0.3) is 0 Å². The molecule has 0 unspecified atom stereocenters. The summed E-state index contributed by atoms with van der Waals surface area (Å²) < 4.78 is 20.7. The van der Waals surface area contributed by atoms with E-state index in [0.717, 1.165) is 0 Å². The molecule has 1 atom stereocenters. The lowest BCUT2D eigenvalue weighted by Gasteiger charge is -2.03. The Balaban J connectivity index is 4.51. The Hall–Kier alpha value is 0.1000. The first kappa shape index (κ1) is 10.1. The van der Waals surface area contributed by atoms with Crippen molar-refractivity contribution in [2.45, 2.75) is 18.0 Å². The highest BCUT2D eigenvalue weighted by atomic mass is 79.9. The largest absolute Gasteiger partial charge is 0.298 e. The Morgan fingerprint density at radius 3 is 2.10 bits per heavy atom. The van der Waals surface area contributed by atoms with Crippen LogP contribution in [0.3, 0.4) is 0 Å². The van der Waals surface area contributed by atoms with E-state index < -0.39 is 14.0 Å². The summed E-state index contributed by atoms with van der Waals surface area (Å²) in [6.45, 7) is 2.75. The van der Waals surface area contributed by atoms with E-state index in [1.54, 1.807) is 0 Å². The number of halogens is 1. The number of carbonyl (C=O) groups excluding carboxylic acids is 1. The van der Waals surface area contributed by atoms with Crippen LogP contribution in [0.5, 0.6) is 0 Å². The van der Waals surface area contributed by atoms with Crippen LogP contribution in [-0.4, -0.2) is 24.1 Å². The van der Waals surface area contributed by atoms with Gasteiger partial charge in [-0.15, -0.1) is 0 Å². The second-order valence-electron chi connectivity index (χ2n) is 1.88. The molecule has 0 amide bonds. The van der Waals surface area contributed by atoms with Crippen LogP contribution in [0.2, 0.25) is 0 Å². The normalized spacial score (nSPS) is 14.7. The fourth-order valence-corrected chi connectivity index (χ4v) is 1.99. The van der Waals surface area contributed by atoms with Gasteiger partial charge < -0.3 is 0 Å². The summed E-state index contributed by atoms with van der Waals surface area (Å²) in [6.07, 6.45) is 0. The minimum absolute atomic E-state index is 0.0114. The molecule has 0 heterocycles. The number of sulfone groups is 1. The van der Waals surface area contributed by atoms with Crippen LogP contribution in [-0.2, 0) is 14.6 Å². The van der Waals surface area contributed by atoms with Crippen molar-refractivity contribution in [1.82, 2.24) is 0 Å². The Kier molecular flexibility index (Phi) is 3.51. The number of alkyl halides is 1. The molecular weight excluding hydrogens is 220 g/mol. The third-order valence-electron chi connectivity index (χ3n) is 1.04. The first-order valence-electron chi connectivity index (χ1n) is 2.78. The lowest BCUT2D eigenvalue weighted by atomic mass is 10.5. The highest BCUT2D eigenvalue weighted by Crippen LogP contribution is 2.10. The summed E-state index contributed by atoms with van der Waals surface area (Å²) >= 11 is 2.79. The van der Waals surface area contributed by atoms with Gasteiger partial charge in [-0.1, -0.05) is 22.9 Å².